The van der Waals surface area contributed by atoms with Gasteiger partial charge in [0.15, 0.2) is 0 Å². The van der Waals surface area contributed by atoms with E-state index in [-0.39, 0.29) is 16.9 Å². The van der Waals surface area contributed by atoms with Crippen molar-refractivity contribution in [2.24, 2.45) is 11.7 Å². The van der Waals surface area contributed by atoms with Crippen LogP contribution in [0.2, 0.25) is 0 Å². The van der Waals surface area contributed by atoms with Crippen LogP contribution in [-0.2, 0) is 21.3 Å². The zero-order valence-electron chi connectivity index (χ0n) is 12.9. The minimum Gasteiger partial charge on any atom is -0.383 e. The first kappa shape index (κ1) is 16.5. The molecule has 0 bridgehead atoms. The Hall–Kier alpha value is -0.890. The Bertz CT molecular complexity index is 576. The minimum absolute atomic E-state index is 0.152. The standard InChI is InChI=1S/C14H25N3O3S/c1-10(2)14(9-20-3)16-21(18,19)13-6-12(7-15)17(8-13)11-4-5-11/h6,8,10-11,14,16H,4-5,7,9,15H2,1-3H3. The molecular formula is C14H25N3O3S. The smallest absolute Gasteiger partial charge is 0.242 e. The van der Waals surface area contributed by atoms with Gasteiger partial charge in [0.05, 0.1) is 11.5 Å². The van der Waals surface area contributed by atoms with Crippen molar-refractivity contribution in [1.82, 2.24) is 9.29 Å². The summed E-state index contributed by atoms with van der Waals surface area (Å²) in [6, 6.07) is 1.84. The SMILES string of the molecule is COCC(NS(=O)(=O)c1cc(CN)n(C2CC2)c1)C(C)C. The molecule has 0 aromatic carbocycles. The number of ether oxygens (including phenoxy) is 1. The van der Waals surface area contributed by atoms with E-state index in [9.17, 15) is 8.42 Å². The van der Waals surface area contributed by atoms with Crippen LogP contribution in [0.1, 0.15) is 38.4 Å². The molecule has 1 fully saturated rings. The fourth-order valence-corrected chi connectivity index (χ4v) is 3.73. The van der Waals surface area contributed by atoms with Gasteiger partial charge in [0.25, 0.3) is 0 Å². The summed E-state index contributed by atoms with van der Waals surface area (Å²) < 4.78 is 34.9. The van der Waals surface area contributed by atoms with Crippen LogP contribution in [0.5, 0.6) is 0 Å². The molecule has 1 heterocycles. The van der Waals surface area contributed by atoms with E-state index in [1.54, 1.807) is 19.4 Å². The molecule has 1 unspecified atom stereocenters. The second-order valence-corrected chi connectivity index (χ2v) is 7.65. The highest BCUT2D eigenvalue weighted by Crippen LogP contribution is 2.37. The second-order valence-electron chi connectivity index (χ2n) is 5.94. The number of nitrogens with zero attached hydrogens (tertiary/aromatic N) is 1. The third kappa shape index (κ3) is 3.85. The van der Waals surface area contributed by atoms with Gasteiger partial charge in [-0.1, -0.05) is 13.8 Å². The lowest BCUT2D eigenvalue weighted by atomic mass is 10.1. The third-order valence-corrected chi connectivity index (χ3v) is 5.28. The molecule has 3 N–H and O–H groups in total. The van der Waals surface area contributed by atoms with Gasteiger partial charge in [-0.3, -0.25) is 0 Å². The molecule has 2 rings (SSSR count). The van der Waals surface area contributed by atoms with Gasteiger partial charge in [-0.05, 0) is 24.8 Å². The van der Waals surface area contributed by atoms with Crippen molar-refractivity contribution < 1.29 is 13.2 Å². The molecule has 7 heteroatoms. The summed E-state index contributed by atoms with van der Waals surface area (Å²) in [5.41, 5.74) is 6.58. The third-order valence-electron chi connectivity index (χ3n) is 3.82. The maximum absolute atomic E-state index is 12.5. The Kier molecular flexibility index (Phi) is 5.08. The minimum atomic E-state index is -3.55. The molecule has 0 saturated heterocycles. The van der Waals surface area contributed by atoms with Gasteiger partial charge in [-0.15, -0.1) is 0 Å². The summed E-state index contributed by atoms with van der Waals surface area (Å²) in [4.78, 5) is 0.289. The molecule has 0 amide bonds. The van der Waals surface area contributed by atoms with Crippen molar-refractivity contribution >= 4 is 10.0 Å². The fourth-order valence-electron chi connectivity index (χ4n) is 2.31. The van der Waals surface area contributed by atoms with Crippen molar-refractivity contribution in [3.8, 4) is 0 Å². The van der Waals surface area contributed by atoms with E-state index in [4.69, 9.17) is 10.5 Å². The predicted molar refractivity (Wildman–Crippen MR) is 81.4 cm³/mol. The highest BCUT2D eigenvalue weighted by molar-refractivity contribution is 7.89. The van der Waals surface area contributed by atoms with Crippen LogP contribution in [0.25, 0.3) is 0 Å². The molecule has 0 spiro atoms. The average molecular weight is 315 g/mol. The molecule has 120 valence electrons. The molecule has 6 nitrogen and oxygen atoms in total. The molecule has 1 aromatic rings. The van der Waals surface area contributed by atoms with Gasteiger partial charge in [0.1, 0.15) is 0 Å². The van der Waals surface area contributed by atoms with Crippen molar-refractivity contribution in [2.75, 3.05) is 13.7 Å². The molecular weight excluding hydrogens is 290 g/mol. The van der Waals surface area contributed by atoms with E-state index < -0.39 is 10.0 Å². The predicted octanol–water partition coefficient (Wildman–Crippen LogP) is 1.23. The van der Waals surface area contributed by atoms with Crippen molar-refractivity contribution in [3.63, 3.8) is 0 Å². The molecule has 1 saturated carbocycles. The van der Waals surface area contributed by atoms with E-state index >= 15 is 0 Å². The van der Waals surface area contributed by atoms with Gasteiger partial charge in [-0.25, -0.2) is 13.1 Å². The monoisotopic (exact) mass is 315 g/mol. The van der Waals surface area contributed by atoms with Crippen LogP contribution in [0, 0.1) is 5.92 Å². The summed E-state index contributed by atoms with van der Waals surface area (Å²) in [5.74, 6) is 0.152. The Morgan fingerprint density at radius 1 is 1.48 bits per heavy atom. The average Bonchev–Trinajstić information content (AvgIpc) is 3.16. The summed E-state index contributed by atoms with van der Waals surface area (Å²) >= 11 is 0. The number of sulfonamides is 1. The van der Waals surface area contributed by atoms with Crippen molar-refractivity contribution in [3.05, 3.63) is 18.0 Å². The number of rotatable bonds is 8. The van der Waals surface area contributed by atoms with E-state index in [1.165, 1.54) is 0 Å². The normalized spacial score (nSPS) is 17.4. The van der Waals surface area contributed by atoms with Gasteiger partial charge >= 0.3 is 0 Å². The van der Waals surface area contributed by atoms with Crippen molar-refractivity contribution in [2.45, 2.75) is 50.2 Å². The largest absolute Gasteiger partial charge is 0.383 e. The summed E-state index contributed by atoms with van der Waals surface area (Å²) in [6.45, 7) is 4.63. The Morgan fingerprint density at radius 2 is 2.14 bits per heavy atom. The van der Waals surface area contributed by atoms with Crippen LogP contribution in [-0.4, -0.2) is 32.7 Å². The first-order valence-corrected chi connectivity index (χ1v) is 8.79. The zero-order valence-corrected chi connectivity index (χ0v) is 13.7. The quantitative estimate of drug-likeness (QED) is 0.755. The maximum Gasteiger partial charge on any atom is 0.242 e. The zero-order chi connectivity index (χ0) is 15.6. The van der Waals surface area contributed by atoms with Crippen LogP contribution in [0.4, 0.5) is 0 Å². The Labute approximate surface area is 126 Å². The molecule has 21 heavy (non-hydrogen) atoms. The van der Waals surface area contributed by atoms with Gasteiger partial charge in [-0.2, -0.15) is 0 Å². The van der Waals surface area contributed by atoms with Crippen LogP contribution >= 0.6 is 0 Å². The summed E-state index contributed by atoms with van der Waals surface area (Å²) in [5, 5.41) is 0. The van der Waals surface area contributed by atoms with E-state index in [2.05, 4.69) is 4.72 Å². The van der Waals surface area contributed by atoms with Crippen LogP contribution in [0.15, 0.2) is 17.2 Å². The number of hydrogen-bond acceptors (Lipinski definition) is 4. The van der Waals surface area contributed by atoms with Crippen LogP contribution in [0.3, 0.4) is 0 Å². The lowest BCUT2D eigenvalue weighted by Crippen LogP contribution is -2.41. The molecule has 0 radical (unpaired) electrons. The van der Waals surface area contributed by atoms with E-state index in [0.717, 1.165) is 18.5 Å². The Morgan fingerprint density at radius 3 is 2.62 bits per heavy atom. The molecule has 0 aliphatic heterocycles. The number of nitrogens with two attached hydrogens (primary N) is 1. The molecule has 1 aliphatic rings. The number of methoxy groups -OCH3 is 1. The van der Waals surface area contributed by atoms with Crippen LogP contribution < -0.4 is 10.5 Å². The Balaban J connectivity index is 2.22. The number of hydrogen-bond donors (Lipinski definition) is 2. The van der Waals surface area contributed by atoms with E-state index in [0.29, 0.717) is 19.2 Å². The molecule has 1 aromatic heterocycles. The molecule has 1 atom stereocenters. The van der Waals surface area contributed by atoms with Gasteiger partial charge in [0.2, 0.25) is 10.0 Å². The topological polar surface area (TPSA) is 86.3 Å². The van der Waals surface area contributed by atoms with Gasteiger partial charge in [0, 0.05) is 37.6 Å². The lowest BCUT2D eigenvalue weighted by molar-refractivity contribution is 0.157. The first-order chi connectivity index (χ1) is 9.89. The van der Waals surface area contributed by atoms with Gasteiger partial charge < -0.3 is 15.0 Å². The highest BCUT2D eigenvalue weighted by atomic mass is 32.2. The maximum atomic E-state index is 12.5. The number of aromatic nitrogens is 1. The molecule has 1 aliphatic carbocycles. The summed E-state index contributed by atoms with van der Waals surface area (Å²) in [7, 11) is -1.98. The summed E-state index contributed by atoms with van der Waals surface area (Å²) in [6.07, 6.45) is 3.88. The van der Waals surface area contributed by atoms with Crippen molar-refractivity contribution in [1.29, 1.82) is 0 Å². The lowest BCUT2D eigenvalue weighted by Gasteiger charge is -2.20. The highest BCUT2D eigenvalue weighted by Gasteiger charge is 2.29. The first-order valence-electron chi connectivity index (χ1n) is 7.31. The van der Waals surface area contributed by atoms with E-state index in [1.807, 2.05) is 18.4 Å². The second kappa shape index (κ2) is 6.48. The number of nitrogens with one attached hydrogen (secondary N) is 1. The fraction of sp³-hybridized carbons (Fsp3) is 0.714.